The third-order valence-corrected chi connectivity index (χ3v) is 1.78. The molecule has 1 atom stereocenters. The van der Waals surface area contributed by atoms with Crippen LogP contribution in [0.25, 0.3) is 0 Å². The molecule has 12 heavy (non-hydrogen) atoms. The lowest BCUT2D eigenvalue weighted by molar-refractivity contribution is 0.222. The first kappa shape index (κ1) is 8.91. The van der Waals surface area contributed by atoms with Crippen molar-refractivity contribution in [1.82, 2.24) is 0 Å². The van der Waals surface area contributed by atoms with E-state index >= 15 is 0 Å². The van der Waals surface area contributed by atoms with Crippen molar-refractivity contribution >= 4 is 0 Å². The van der Waals surface area contributed by atoms with Crippen molar-refractivity contribution in [2.45, 2.75) is 19.3 Å². The van der Waals surface area contributed by atoms with E-state index in [4.69, 9.17) is 5.11 Å². The van der Waals surface area contributed by atoms with E-state index in [9.17, 15) is 0 Å². The summed E-state index contributed by atoms with van der Waals surface area (Å²) >= 11 is 0. The lowest BCUT2D eigenvalue weighted by Gasteiger charge is -2.07. The zero-order valence-corrected chi connectivity index (χ0v) is 7.01. The van der Waals surface area contributed by atoms with Crippen molar-refractivity contribution in [3.8, 4) is 23.7 Å². The van der Waals surface area contributed by atoms with E-state index in [-0.39, 0.29) is 6.61 Å². The molecular formula is C11H12O. The summed E-state index contributed by atoms with van der Waals surface area (Å²) in [4.78, 5) is 0. The summed E-state index contributed by atoms with van der Waals surface area (Å²) in [5.41, 5.74) is 0. The first-order chi connectivity index (χ1) is 5.93. The zero-order valence-electron chi connectivity index (χ0n) is 7.01. The molecule has 0 aromatic carbocycles. The Morgan fingerprint density at radius 2 is 2.00 bits per heavy atom. The van der Waals surface area contributed by atoms with Crippen LogP contribution in [0.2, 0.25) is 0 Å². The Morgan fingerprint density at radius 1 is 1.25 bits per heavy atom. The van der Waals surface area contributed by atoms with Crippen LogP contribution in [0, 0.1) is 29.6 Å². The Bertz CT molecular complexity index is 267. The molecule has 0 bridgehead atoms. The van der Waals surface area contributed by atoms with Gasteiger partial charge >= 0.3 is 0 Å². The molecule has 0 amide bonds. The van der Waals surface area contributed by atoms with Crippen LogP contribution in [0.1, 0.15) is 19.3 Å². The van der Waals surface area contributed by atoms with Crippen molar-refractivity contribution in [1.29, 1.82) is 0 Å². The van der Waals surface area contributed by atoms with Gasteiger partial charge in [-0.2, -0.15) is 0 Å². The zero-order chi connectivity index (χ0) is 8.65. The second kappa shape index (κ2) is 5.47. The average Bonchev–Trinajstić information content (AvgIpc) is 2.14. The van der Waals surface area contributed by atoms with Crippen LogP contribution in [0.4, 0.5) is 0 Å². The molecule has 0 aromatic heterocycles. The van der Waals surface area contributed by atoms with Crippen LogP contribution in [-0.2, 0) is 0 Å². The molecule has 0 aromatic rings. The highest BCUT2D eigenvalue weighted by Crippen LogP contribution is 2.09. The third-order valence-electron chi connectivity index (χ3n) is 1.78. The summed E-state index contributed by atoms with van der Waals surface area (Å²) in [6, 6.07) is 0. The maximum absolute atomic E-state index is 8.94. The Morgan fingerprint density at radius 3 is 2.75 bits per heavy atom. The summed E-state index contributed by atoms with van der Waals surface area (Å²) in [5.74, 6) is 12.1. The standard InChI is InChI=1S/C11H12O/c12-10-11-8-6-4-2-1-3-5-7-9-11/h1-2,11-12H,7-10H2/b2-1+. The maximum atomic E-state index is 8.94. The Labute approximate surface area is 73.5 Å². The lowest BCUT2D eigenvalue weighted by Crippen LogP contribution is -2.04. The van der Waals surface area contributed by atoms with Gasteiger partial charge in [-0.05, 0) is 24.5 Å². The molecule has 0 fully saturated rings. The molecule has 1 rings (SSSR count). The predicted octanol–water partition coefficient (Wildman–Crippen LogP) is 1.34. The number of allylic oxidation sites excluding steroid dienone is 2. The quantitative estimate of drug-likeness (QED) is 0.574. The van der Waals surface area contributed by atoms with Crippen LogP contribution in [0.5, 0.6) is 0 Å². The molecule has 1 aliphatic carbocycles. The van der Waals surface area contributed by atoms with Gasteiger partial charge in [-0.15, -0.1) is 0 Å². The van der Waals surface area contributed by atoms with Crippen molar-refractivity contribution in [2.24, 2.45) is 5.92 Å². The molecule has 62 valence electrons. The smallest absolute Gasteiger partial charge is 0.0468 e. The van der Waals surface area contributed by atoms with Gasteiger partial charge in [-0.25, -0.2) is 0 Å². The predicted molar refractivity (Wildman–Crippen MR) is 49.1 cm³/mol. The van der Waals surface area contributed by atoms with Gasteiger partial charge < -0.3 is 5.11 Å². The summed E-state index contributed by atoms with van der Waals surface area (Å²) in [6.45, 7) is 0.222. The van der Waals surface area contributed by atoms with Gasteiger partial charge in [-0.1, -0.05) is 23.7 Å². The topological polar surface area (TPSA) is 20.2 Å². The van der Waals surface area contributed by atoms with Crippen LogP contribution in [0.15, 0.2) is 12.2 Å². The number of hydrogen-bond donors (Lipinski definition) is 1. The van der Waals surface area contributed by atoms with Gasteiger partial charge in [0.2, 0.25) is 0 Å². The summed E-state index contributed by atoms with van der Waals surface area (Å²) in [6.07, 6.45) is 6.12. The van der Waals surface area contributed by atoms with E-state index in [1.807, 2.05) is 0 Å². The van der Waals surface area contributed by atoms with Gasteiger partial charge in [0.15, 0.2) is 0 Å². The molecule has 1 N–H and O–H groups in total. The summed E-state index contributed by atoms with van der Waals surface area (Å²) < 4.78 is 0. The highest BCUT2D eigenvalue weighted by atomic mass is 16.3. The van der Waals surface area contributed by atoms with E-state index in [1.54, 1.807) is 12.2 Å². The second-order valence-electron chi connectivity index (χ2n) is 2.77. The van der Waals surface area contributed by atoms with Crippen molar-refractivity contribution < 1.29 is 5.11 Å². The van der Waals surface area contributed by atoms with Crippen LogP contribution in [0.3, 0.4) is 0 Å². The molecule has 0 saturated heterocycles. The molecule has 0 spiro atoms. The average molecular weight is 160 g/mol. The molecule has 0 heterocycles. The SMILES string of the molecule is OCC1CC#C/C=C/C#CCC1. The molecule has 1 nitrogen and oxygen atoms in total. The number of hydrogen-bond acceptors (Lipinski definition) is 1. The normalized spacial score (nSPS) is 24.2. The number of aliphatic hydroxyl groups is 1. The molecular weight excluding hydrogens is 148 g/mol. The third kappa shape index (κ3) is 3.28. The summed E-state index contributed by atoms with van der Waals surface area (Å²) in [7, 11) is 0. The lowest BCUT2D eigenvalue weighted by atomic mass is 10.0. The molecule has 0 saturated carbocycles. The van der Waals surface area contributed by atoms with Gasteiger partial charge in [0.1, 0.15) is 0 Å². The highest BCUT2D eigenvalue weighted by molar-refractivity contribution is 5.25. The highest BCUT2D eigenvalue weighted by Gasteiger charge is 2.03. The first-order valence-electron chi connectivity index (χ1n) is 4.16. The largest absolute Gasteiger partial charge is 0.396 e. The monoisotopic (exact) mass is 160 g/mol. The molecule has 0 radical (unpaired) electrons. The minimum Gasteiger partial charge on any atom is -0.396 e. The number of aliphatic hydroxyl groups excluding tert-OH is 1. The second-order valence-corrected chi connectivity index (χ2v) is 2.77. The Hall–Kier alpha value is -1.18. The first-order valence-corrected chi connectivity index (χ1v) is 4.16. The minimum absolute atomic E-state index is 0.222. The van der Waals surface area contributed by atoms with E-state index in [1.165, 1.54) is 0 Å². The van der Waals surface area contributed by atoms with Crippen LogP contribution in [-0.4, -0.2) is 11.7 Å². The molecule has 1 heteroatoms. The molecule has 1 aliphatic rings. The van der Waals surface area contributed by atoms with Crippen molar-refractivity contribution in [3.63, 3.8) is 0 Å². The van der Waals surface area contributed by atoms with E-state index in [0.717, 1.165) is 19.3 Å². The molecule has 1 unspecified atom stereocenters. The van der Waals surface area contributed by atoms with E-state index in [2.05, 4.69) is 23.7 Å². The van der Waals surface area contributed by atoms with Crippen LogP contribution < -0.4 is 0 Å². The fourth-order valence-electron chi connectivity index (χ4n) is 1.01. The van der Waals surface area contributed by atoms with Gasteiger partial charge in [0.05, 0.1) is 0 Å². The van der Waals surface area contributed by atoms with E-state index < -0.39 is 0 Å². The van der Waals surface area contributed by atoms with Crippen LogP contribution >= 0.6 is 0 Å². The van der Waals surface area contributed by atoms with Crippen molar-refractivity contribution in [3.05, 3.63) is 12.2 Å². The van der Waals surface area contributed by atoms with Crippen molar-refractivity contribution in [2.75, 3.05) is 6.61 Å². The number of rotatable bonds is 1. The van der Waals surface area contributed by atoms with Gasteiger partial charge in [0, 0.05) is 19.4 Å². The fourth-order valence-corrected chi connectivity index (χ4v) is 1.01. The van der Waals surface area contributed by atoms with Gasteiger partial charge in [0.25, 0.3) is 0 Å². The Kier molecular flexibility index (Phi) is 4.06. The molecule has 0 aliphatic heterocycles. The maximum Gasteiger partial charge on any atom is 0.0468 e. The minimum atomic E-state index is 0.222. The van der Waals surface area contributed by atoms with E-state index in [0.29, 0.717) is 5.92 Å². The summed E-state index contributed by atoms with van der Waals surface area (Å²) in [5, 5.41) is 8.94. The van der Waals surface area contributed by atoms with Gasteiger partial charge in [-0.3, -0.25) is 0 Å². The Balaban J connectivity index is 2.56. The fraction of sp³-hybridized carbons (Fsp3) is 0.455.